The van der Waals surface area contributed by atoms with Crippen LogP contribution in [0, 0.1) is 0 Å². The molecule has 0 saturated heterocycles. The molecule has 0 saturated carbocycles. The predicted octanol–water partition coefficient (Wildman–Crippen LogP) is 3.03. The molecule has 4 aromatic rings. The first-order valence-corrected chi connectivity index (χ1v) is 11.4. The zero-order chi connectivity index (χ0) is 23.9. The molecule has 0 fully saturated rings. The maximum Gasteiger partial charge on any atom is 0.278 e. The zero-order valence-corrected chi connectivity index (χ0v) is 19.5. The number of rotatable bonds is 6. The first kappa shape index (κ1) is 22.1. The summed E-state index contributed by atoms with van der Waals surface area (Å²) in [5.41, 5.74) is 2.82. The van der Waals surface area contributed by atoms with Crippen molar-refractivity contribution in [2.75, 3.05) is 18.5 Å². The van der Waals surface area contributed by atoms with Crippen LogP contribution in [0.15, 0.2) is 41.5 Å². The van der Waals surface area contributed by atoms with Gasteiger partial charge in [-0.05, 0) is 43.1 Å². The van der Waals surface area contributed by atoms with E-state index in [9.17, 15) is 9.18 Å². The Morgan fingerprint density at radius 2 is 2.03 bits per heavy atom. The number of halogens is 1. The van der Waals surface area contributed by atoms with Crippen LogP contribution in [0.2, 0.25) is 0 Å². The van der Waals surface area contributed by atoms with Gasteiger partial charge in [-0.15, -0.1) is 0 Å². The second-order valence-electron chi connectivity index (χ2n) is 9.05. The fourth-order valence-electron chi connectivity index (χ4n) is 4.15. The minimum absolute atomic E-state index is 0.214. The first-order valence-electron chi connectivity index (χ1n) is 11.4. The van der Waals surface area contributed by atoms with Gasteiger partial charge < -0.3 is 10.6 Å². The molecule has 5 rings (SSSR count). The van der Waals surface area contributed by atoms with E-state index in [4.69, 9.17) is 0 Å². The number of aromatic nitrogens is 6. The van der Waals surface area contributed by atoms with Crippen LogP contribution in [0.25, 0.3) is 16.9 Å². The lowest BCUT2D eigenvalue weighted by molar-refractivity contribution is 0.336. The number of alkyl halides is 1. The lowest BCUT2D eigenvalue weighted by Gasteiger charge is -2.19. The number of nitrogens with one attached hydrogen (secondary N) is 2. The van der Waals surface area contributed by atoms with Crippen LogP contribution in [0.3, 0.4) is 0 Å². The van der Waals surface area contributed by atoms with Crippen molar-refractivity contribution in [1.29, 1.82) is 0 Å². The summed E-state index contributed by atoms with van der Waals surface area (Å²) in [5.74, 6) is 1.18. The quantitative estimate of drug-likeness (QED) is 0.454. The first-order chi connectivity index (χ1) is 16.4. The third-order valence-corrected chi connectivity index (χ3v) is 6.12. The maximum atomic E-state index is 13.6. The molecule has 0 bridgehead atoms. The van der Waals surface area contributed by atoms with Gasteiger partial charge in [-0.25, -0.2) is 24.3 Å². The van der Waals surface area contributed by atoms with Crippen molar-refractivity contribution >= 4 is 22.7 Å². The average molecular weight is 463 g/mol. The highest BCUT2D eigenvalue weighted by molar-refractivity contribution is 5.77. The second kappa shape index (κ2) is 8.60. The number of hydrogen-bond acceptors (Lipinski definition) is 7. The summed E-state index contributed by atoms with van der Waals surface area (Å²) in [4.78, 5) is 30.9. The van der Waals surface area contributed by atoms with Crippen molar-refractivity contribution in [2.24, 2.45) is 0 Å². The molecule has 0 amide bonds. The van der Waals surface area contributed by atoms with E-state index in [1.54, 1.807) is 35.5 Å². The summed E-state index contributed by atoms with van der Waals surface area (Å²) in [6.07, 6.45) is 4.12. The third-order valence-electron chi connectivity index (χ3n) is 6.12. The summed E-state index contributed by atoms with van der Waals surface area (Å²) in [6, 6.07) is 7.91. The molecule has 1 aliphatic rings. The van der Waals surface area contributed by atoms with E-state index in [0.717, 1.165) is 25.2 Å². The van der Waals surface area contributed by atoms with Crippen LogP contribution in [0.5, 0.6) is 0 Å². The molecule has 0 atom stereocenters. The number of fused-ring (bicyclic) bond motifs is 2. The maximum absolute atomic E-state index is 13.6. The van der Waals surface area contributed by atoms with Gasteiger partial charge in [-0.2, -0.15) is 4.98 Å². The average Bonchev–Trinajstić information content (AvgIpc) is 3.14. The molecule has 2 N–H and O–H groups in total. The zero-order valence-electron chi connectivity index (χ0n) is 19.5. The van der Waals surface area contributed by atoms with E-state index in [-0.39, 0.29) is 5.56 Å². The number of hydrogen-bond donors (Lipinski definition) is 2. The number of benzene rings is 1. The van der Waals surface area contributed by atoms with Crippen LogP contribution < -0.4 is 16.2 Å². The Morgan fingerprint density at radius 3 is 2.82 bits per heavy atom. The van der Waals surface area contributed by atoms with Crippen LogP contribution in [0.1, 0.15) is 37.7 Å². The van der Waals surface area contributed by atoms with Gasteiger partial charge >= 0.3 is 0 Å². The number of anilines is 2. The minimum atomic E-state index is -0.848. The molecule has 176 valence electrons. The SMILES string of the molecule is CCn1c(=O)c2cnc(Nc3ccc4c(c3)CNCC4)nc2n1-c1ccnc(C(C)(C)CF)n1. The van der Waals surface area contributed by atoms with Gasteiger partial charge in [0.2, 0.25) is 5.95 Å². The molecule has 0 spiro atoms. The Labute approximate surface area is 196 Å². The van der Waals surface area contributed by atoms with Crippen molar-refractivity contribution < 1.29 is 4.39 Å². The molecule has 4 heterocycles. The highest BCUT2D eigenvalue weighted by Crippen LogP contribution is 2.24. The molecule has 34 heavy (non-hydrogen) atoms. The number of nitrogens with zero attached hydrogens (tertiary/aromatic N) is 6. The fraction of sp³-hybridized carbons (Fsp3) is 0.375. The van der Waals surface area contributed by atoms with Crippen LogP contribution in [0.4, 0.5) is 16.0 Å². The van der Waals surface area contributed by atoms with Gasteiger partial charge in [-0.3, -0.25) is 9.18 Å². The molecule has 1 aliphatic heterocycles. The largest absolute Gasteiger partial charge is 0.324 e. The van der Waals surface area contributed by atoms with Crippen molar-refractivity contribution in [1.82, 2.24) is 34.6 Å². The van der Waals surface area contributed by atoms with Gasteiger partial charge in [0, 0.05) is 37.2 Å². The monoisotopic (exact) mass is 462 g/mol. The normalized spacial score (nSPS) is 13.8. The lowest BCUT2D eigenvalue weighted by Crippen LogP contribution is -2.26. The van der Waals surface area contributed by atoms with Gasteiger partial charge in [-0.1, -0.05) is 19.9 Å². The van der Waals surface area contributed by atoms with E-state index in [1.165, 1.54) is 17.3 Å². The van der Waals surface area contributed by atoms with E-state index in [1.807, 2.05) is 13.0 Å². The summed E-state index contributed by atoms with van der Waals surface area (Å²) in [6.45, 7) is 6.97. The van der Waals surface area contributed by atoms with Crippen LogP contribution >= 0.6 is 0 Å². The highest BCUT2D eigenvalue weighted by atomic mass is 19.1. The van der Waals surface area contributed by atoms with Crippen molar-refractivity contribution in [3.8, 4) is 5.82 Å². The lowest BCUT2D eigenvalue weighted by atomic mass is 9.94. The topological polar surface area (TPSA) is 103 Å². The smallest absolute Gasteiger partial charge is 0.278 e. The molecule has 9 nitrogen and oxygen atoms in total. The van der Waals surface area contributed by atoms with Gasteiger partial charge in [0.05, 0.1) is 5.41 Å². The van der Waals surface area contributed by atoms with Crippen LogP contribution in [-0.2, 0) is 24.9 Å². The van der Waals surface area contributed by atoms with E-state index >= 15 is 0 Å². The molecule has 0 radical (unpaired) electrons. The van der Waals surface area contributed by atoms with E-state index in [0.29, 0.717) is 35.2 Å². The van der Waals surface area contributed by atoms with Gasteiger partial charge in [0.15, 0.2) is 11.5 Å². The van der Waals surface area contributed by atoms with Gasteiger partial charge in [0.1, 0.15) is 17.9 Å². The molecular weight excluding hydrogens is 435 g/mol. The summed E-state index contributed by atoms with van der Waals surface area (Å²) in [7, 11) is 0. The van der Waals surface area contributed by atoms with E-state index < -0.39 is 12.1 Å². The molecule has 3 aromatic heterocycles. The van der Waals surface area contributed by atoms with Crippen molar-refractivity contribution in [2.45, 2.75) is 45.7 Å². The molecule has 10 heteroatoms. The summed E-state index contributed by atoms with van der Waals surface area (Å²) >= 11 is 0. The van der Waals surface area contributed by atoms with E-state index in [2.05, 4.69) is 42.7 Å². The Hall–Kier alpha value is -3.66. The molecular formula is C24H27FN8O. The standard InChI is InChI=1S/C24H27FN8O/c1-4-32-21(34)18-13-28-23(29-17-6-5-15-7-9-26-12-16(15)11-17)31-20(18)33(32)19-8-10-27-22(30-19)24(2,3)14-25/h5-6,8,10-11,13,26H,4,7,9,12,14H2,1-3H3,(H,28,29,31). The van der Waals surface area contributed by atoms with Crippen LogP contribution in [-0.4, -0.2) is 42.5 Å². The Kier molecular flexibility index (Phi) is 5.60. The summed E-state index contributed by atoms with van der Waals surface area (Å²) in [5, 5.41) is 7.02. The second-order valence-corrected chi connectivity index (χ2v) is 9.05. The fourth-order valence-corrected chi connectivity index (χ4v) is 4.15. The van der Waals surface area contributed by atoms with Crippen molar-refractivity contribution in [3.05, 3.63) is 64.0 Å². The Balaban J connectivity index is 1.60. The third kappa shape index (κ3) is 3.83. The minimum Gasteiger partial charge on any atom is -0.324 e. The molecule has 1 aromatic carbocycles. The summed E-state index contributed by atoms with van der Waals surface area (Å²) < 4.78 is 16.8. The Bertz CT molecular complexity index is 1420. The van der Waals surface area contributed by atoms with Crippen molar-refractivity contribution in [3.63, 3.8) is 0 Å². The van der Waals surface area contributed by atoms with Gasteiger partial charge in [0.25, 0.3) is 5.56 Å². The molecule has 0 aliphatic carbocycles. The predicted molar refractivity (Wildman–Crippen MR) is 129 cm³/mol. The highest BCUT2D eigenvalue weighted by Gasteiger charge is 2.25. The Morgan fingerprint density at radius 1 is 1.18 bits per heavy atom. The molecule has 0 unspecified atom stereocenters.